The second kappa shape index (κ2) is 4.50. The number of halogens is 1. The SMILES string of the molecule is CCC1(C)CC(n2nc(C)c(Cl)c2N)CCO1. The molecule has 17 heavy (non-hydrogen) atoms. The van der Waals surface area contributed by atoms with Crippen LogP contribution in [0.15, 0.2) is 0 Å². The Morgan fingerprint density at radius 3 is 2.88 bits per heavy atom. The minimum absolute atomic E-state index is 0.0678. The average molecular weight is 258 g/mol. The number of hydrogen-bond donors (Lipinski definition) is 1. The van der Waals surface area contributed by atoms with E-state index < -0.39 is 0 Å². The zero-order valence-corrected chi connectivity index (χ0v) is 11.4. The van der Waals surface area contributed by atoms with Crippen molar-refractivity contribution >= 4 is 17.4 Å². The molecule has 1 fully saturated rings. The van der Waals surface area contributed by atoms with Crippen LogP contribution in [0.2, 0.25) is 5.02 Å². The van der Waals surface area contributed by atoms with Gasteiger partial charge in [-0.2, -0.15) is 5.10 Å². The Bertz CT molecular complexity index is 418. The van der Waals surface area contributed by atoms with E-state index >= 15 is 0 Å². The van der Waals surface area contributed by atoms with Gasteiger partial charge in [0.25, 0.3) is 0 Å². The van der Waals surface area contributed by atoms with Crippen molar-refractivity contribution in [2.24, 2.45) is 0 Å². The van der Waals surface area contributed by atoms with Crippen LogP contribution in [0.25, 0.3) is 0 Å². The molecule has 2 unspecified atom stereocenters. The topological polar surface area (TPSA) is 53.1 Å². The van der Waals surface area contributed by atoms with Gasteiger partial charge in [0, 0.05) is 6.61 Å². The van der Waals surface area contributed by atoms with Gasteiger partial charge in [0.1, 0.15) is 10.8 Å². The molecule has 0 amide bonds. The van der Waals surface area contributed by atoms with Crippen LogP contribution in [0.3, 0.4) is 0 Å². The van der Waals surface area contributed by atoms with Crippen molar-refractivity contribution in [3.63, 3.8) is 0 Å². The van der Waals surface area contributed by atoms with E-state index in [4.69, 9.17) is 22.1 Å². The van der Waals surface area contributed by atoms with Crippen LogP contribution < -0.4 is 5.73 Å². The van der Waals surface area contributed by atoms with Gasteiger partial charge in [-0.3, -0.25) is 0 Å². The van der Waals surface area contributed by atoms with Crippen LogP contribution in [0.1, 0.15) is 44.8 Å². The second-order valence-corrected chi connectivity index (χ2v) is 5.41. The molecule has 5 heteroatoms. The van der Waals surface area contributed by atoms with Crippen molar-refractivity contribution in [3.05, 3.63) is 10.7 Å². The maximum absolute atomic E-state index is 6.08. The van der Waals surface area contributed by atoms with Crippen LogP contribution in [0.4, 0.5) is 5.82 Å². The molecule has 2 heterocycles. The molecule has 2 rings (SSSR count). The van der Waals surface area contributed by atoms with Crippen molar-refractivity contribution in [2.75, 3.05) is 12.3 Å². The molecule has 0 aromatic carbocycles. The van der Waals surface area contributed by atoms with Crippen molar-refractivity contribution < 1.29 is 4.74 Å². The molecule has 2 N–H and O–H groups in total. The zero-order chi connectivity index (χ0) is 12.6. The molecule has 0 bridgehead atoms. The maximum Gasteiger partial charge on any atom is 0.141 e. The van der Waals surface area contributed by atoms with E-state index in [0.717, 1.165) is 31.6 Å². The van der Waals surface area contributed by atoms with Crippen molar-refractivity contribution in [3.8, 4) is 0 Å². The van der Waals surface area contributed by atoms with Crippen molar-refractivity contribution in [1.82, 2.24) is 9.78 Å². The number of aryl methyl sites for hydroxylation is 1. The Labute approximate surface area is 107 Å². The monoisotopic (exact) mass is 257 g/mol. The second-order valence-electron chi connectivity index (χ2n) is 5.03. The molecule has 0 aliphatic carbocycles. The van der Waals surface area contributed by atoms with Gasteiger partial charge in [-0.15, -0.1) is 0 Å². The number of rotatable bonds is 2. The Morgan fingerprint density at radius 2 is 2.35 bits per heavy atom. The molecular weight excluding hydrogens is 238 g/mol. The Hall–Kier alpha value is -0.740. The summed E-state index contributed by atoms with van der Waals surface area (Å²) in [5.41, 5.74) is 6.72. The van der Waals surface area contributed by atoms with Crippen LogP contribution in [0, 0.1) is 6.92 Å². The van der Waals surface area contributed by atoms with Gasteiger partial charge in [0.05, 0.1) is 17.3 Å². The molecule has 0 radical (unpaired) electrons. The predicted molar refractivity (Wildman–Crippen MR) is 69.3 cm³/mol. The lowest BCUT2D eigenvalue weighted by atomic mass is 9.90. The van der Waals surface area contributed by atoms with Gasteiger partial charge in [0.15, 0.2) is 0 Å². The van der Waals surface area contributed by atoms with Crippen molar-refractivity contribution in [1.29, 1.82) is 0 Å². The standard InChI is InChI=1S/C12H20ClN3O/c1-4-12(3)7-9(5-6-17-12)16-11(14)10(13)8(2)15-16/h9H,4-7,14H2,1-3H3. The first kappa shape index (κ1) is 12.7. The van der Waals surface area contributed by atoms with Crippen LogP contribution >= 0.6 is 11.6 Å². The molecule has 1 aromatic rings. The first-order valence-electron chi connectivity index (χ1n) is 6.11. The summed E-state index contributed by atoms with van der Waals surface area (Å²) in [6.07, 6.45) is 2.87. The lowest BCUT2D eigenvalue weighted by molar-refractivity contribution is -0.0851. The largest absolute Gasteiger partial charge is 0.383 e. The van der Waals surface area contributed by atoms with E-state index in [1.165, 1.54) is 0 Å². The number of ether oxygens (including phenoxy) is 1. The van der Waals surface area contributed by atoms with E-state index in [-0.39, 0.29) is 5.60 Å². The number of hydrogen-bond acceptors (Lipinski definition) is 3. The van der Waals surface area contributed by atoms with Gasteiger partial charge in [-0.1, -0.05) is 18.5 Å². The van der Waals surface area contributed by atoms with E-state index in [1.807, 2.05) is 11.6 Å². The number of aromatic nitrogens is 2. The third kappa shape index (κ3) is 2.29. The lowest BCUT2D eigenvalue weighted by Gasteiger charge is -2.38. The fourth-order valence-corrected chi connectivity index (χ4v) is 2.50. The van der Waals surface area contributed by atoms with E-state index in [1.54, 1.807) is 0 Å². The third-order valence-corrected chi connectivity index (χ3v) is 4.18. The predicted octanol–water partition coefficient (Wildman–Crippen LogP) is 2.95. The highest BCUT2D eigenvalue weighted by Gasteiger charge is 2.34. The first-order chi connectivity index (χ1) is 7.97. The van der Waals surface area contributed by atoms with Crippen molar-refractivity contribution in [2.45, 2.75) is 51.7 Å². The summed E-state index contributed by atoms with van der Waals surface area (Å²) >= 11 is 6.08. The van der Waals surface area contributed by atoms with Crippen LogP contribution in [-0.2, 0) is 4.74 Å². The molecule has 1 aromatic heterocycles. The Morgan fingerprint density at radius 1 is 1.65 bits per heavy atom. The highest BCUT2D eigenvalue weighted by molar-refractivity contribution is 6.33. The van der Waals surface area contributed by atoms with Gasteiger partial charge in [0.2, 0.25) is 0 Å². The Kier molecular flexibility index (Phi) is 3.36. The van der Waals surface area contributed by atoms with Gasteiger partial charge < -0.3 is 10.5 Å². The zero-order valence-electron chi connectivity index (χ0n) is 10.7. The van der Waals surface area contributed by atoms with Gasteiger partial charge >= 0.3 is 0 Å². The molecule has 1 aliphatic rings. The minimum atomic E-state index is -0.0678. The molecule has 96 valence electrons. The summed E-state index contributed by atoms with van der Waals surface area (Å²) in [7, 11) is 0. The van der Waals surface area contributed by atoms with E-state index in [9.17, 15) is 0 Å². The quantitative estimate of drug-likeness (QED) is 0.886. The number of anilines is 1. The van der Waals surface area contributed by atoms with Crippen LogP contribution in [-0.4, -0.2) is 22.0 Å². The summed E-state index contributed by atoms with van der Waals surface area (Å²) in [6.45, 7) is 6.93. The summed E-state index contributed by atoms with van der Waals surface area (Å²) in [4.78, 5) is 0. The number of nitrogens with zero attached hydrogens (tertiary/aromatic N) is 2. The highest BCUT2D eigenvalue weighted by Crippen LogP contribution is 2.37. The minimum Gasteiger partial charge on any atom is -0.383 e. The normalized spacial score (nSPS) is 29.5. The summed E-state index contributed by atoms with van der Waals surface area (Å²) in [5, 5.41) is 5.02. The van der Waals surface area contributed by atoms with Gasteiger partial charge in [-0.25, -0.2) is 4.68 Å². The molecule has 0 saturated carbocycles. The molecule has 2 atom stereocenters. The van der Waals surface area contributed by atoms with E-state index in [2.05, 4.69) is 18.9 Å². The molecular formula is C12H20ClN3O. The first-order valence-corrected chi connectivity index (χ1v) is 6.48. The fraction of sp³-hybridized carbons (Fsp3) is 0.750. The summed E-state index contributed by atoms with van der Waals surface area (Å²) in [5.74, 6) is 0.578. The molecule has 1 saturated heterocycles. The molecule has 0 spiro atoms. The average Bonchev–Trinajstić information content (AvgIpc) is 2.57. The van der Waals surface area contributed by atoms with Gasteiger partial charge in [-0.05, 0) is 33.1 Å². The van der Waals surface area contributed by atoms with E-state index in [0.29, 0.717) is 16.9 Å². The summed E-state index contributed by atoms with van der Waals surface area (Å²) < 4.78 is 7.70. The maximum atomic E-state index is 6.08. The number of nitrogens with two attached hydrogens (primary N) is 1. The molecule has 1 aliphatic heterocycles. The number of nitrogen functional groups attached to an aromatic ring is 1. The fourth-order valence-electron chi connectivity index (χ4n) is 2.38. The third-order valence-electron chi connectivity index (χ3n) is 3.71. The lowest BCUT2D eigenvalue weighted by Crippen LogP contribution is -2.37. The molecule has 4 nitrogen and oxygen atoms in total. The van der Waals surface area contributed by atoms with Crippen LogP contribution in [0.5, 0.6) is 0 Å². The Balaban J connectivity index is 2.25. The highest BCUT2D eigenvalue weighted by atomic mass is 35.5. The summed E-state index contributed by atoms with van der Waals surface area (Å²) in [6, 6.07) is 0.292. The smallest absolute Gasteiger partial charge is 0.141 e.